The van der Waals surface area contributed by atoms with Crippen LogP contribution in [0.4, 0.5) is 0 Å². The van der Waals surface area contributed by atoms with Crippen molar-refractivity contribution in [1.82, 2.24) is 4.90 Å². The molecule has 0 spiro atoms. The van der Waals surface area contributed by atoms with Crippen LogP contribution in [0.15, 0.2) is 6.07 Å². The lowest BCUT2D eigenvalue weighted by atomic mass is 10.0. The largest absolute Gasteiger partial charge is 0.467 e. The van der Waals surface area contributed by atoms with Crippen molar-refractivity contribution in [3.05, 3.63) is 21.4 Å². The quantitative estimate of drug-likeness (QED) is 0.783. The van der Waals surface area contributed by atoms with Crippen LogP contribution in [-0.4, -0.2) is 36.5 Å². The van der Waals surface area contributed by atoms with E-state index in [9.17, 15) is 9.59 Å². The number of likely N-dealkylation sites (tertiary alicyclic amines) is 1. The van der Waals surface area contributed by atoms with Gasteiger partial charge >= 0.3 is 5.97 Å². The summed E-state index contributed by atoms with van der Waals surface area (Å²) in [6.45, 7) is 4.63. The van der Waals surface area contributed by atoms with Gasteiger partial charge in [0.1, 0.15) is 6.04 Å². The lowest BCUT2D eigenvalue weighted by molar-refractivity contribution is -0.147. The third kappa shape index (κ3) is 2.81. The lowest BCUT2D eigenvalue weighted by Crippen LogP contribution is -2.48. The summed E-state index contributed by atoms with van der Waals surface area (Å²) < 4.78 is 4.81. The molecular weight excluding hydrogens is 262 g/mol. The summed E-state index contributed by atoms with van der Waals surface area (Å²) in [4.78, 5) is 27.8. The summed E-state index contributed by atoms with van der Waals surface area (Å²) in [5.74, 6) is -0.352. The molecule has 0 radical (unpaired) electrons. The number of methoxy groups -OCH3 is 1. The van der Waals surface area contributed by atoms with Gasteiger partial charge in [-0.3, -0.25) is 4.79 Å². The molecule has 0 N–H and O–H groups in total. The smallest absolute Gasteiger partial charge is 0.328 e. The molecular formula is C14H19NO3S. The van der Waals surface area contributed by atoms with Gasteiger partial charge in [-0.1, -0.05) is 0 Å². The maximum Gasteiger partial charge on any atom is 0.328 e. The Bertz CT molecular complexity index is 475. The predicted molar refractivity (Wildman–Crippen MR) is 74.5 cm³/mol. The minimum absolute atomic E-state index is 0.0451. The summed E-state index contributed by atoms with van der Waals surface area (Å²) >= 11 is 1.49. The van der Waals surface area contributed by atoms with Crippen LogP contribution < -0.4 is 0 Å². The highest BCUT2D eigenvalue weighted by Crippen LogP contribution is 2.26. The van der Waals surface area contributed by atoms with Crippen molar-refractivity contribution in [2.75, 3.05) is 13.7 Å². The maximum atomic E-state index is 12.5. The molecule has 1 unspecified atom stereocenters. The predicted octanol–water partition coefficient (Wildman–Crippen LogP) is 2.53. The number of carbonyl (C=O) groups is 2. The van der Waals surface area contributed by atoms with Gasteiger partial charge in [-0.15, -0.1) is 11.3 Å². The topological polar surface area (TPSA) is 46.6 Å². The van der Waals surface area contributed by atoms with Gasteiger partial charge in [0.25, 0.3) is 5.91 Å². The summed E-state index contributed by atoms with van der Waals surface area (Å²) in [5.41, 5.74) is 1.12. The van der Waals surface area contributed by atoms with Gasteiger partial charge in [-0.05, 0) is 44.7 Å². The monoisotopic (exact) mass is 281 g/mol. The average molecular weight is 281 g/mol. The lowest BCUT2D eigenvalue weighted by Gasteiger charge is -2.33. The Labute approximate surface area is 117 Å². The molecule has 0 saturated carbocycles. The van der Waals surface area contributed by atoms with E-state index in [0.29, 0.717) is 17.8 Å². The highest BCUT2D eigenvalue weighted by Gasteiger charge is 2.33. The number of hydrogen-bond acceptors (Lipinski definition) is 4. The molecule has 2 rings (SSSR count). The number of hydrogen-bond donors (Lipinski definition) is 0. The number of ether oxygens (including phenoxy) is 1. The number of piperidine rings is 1. The molecule has 2 heterocycles. The van der Waals surface area contributed by atoms with Crippen LogP contribution in [0.25, 0.3) is 0 Å². The third-order valence-corrected chi connectivity index (χ3v) is 4.75. The van der Waals surface area contributed by atoms with Crippen molar-refractivity contribution < 1.29 is 14.3 Å². The number of thiophene rings is 1. The fourth-order valence-electron chi connectivity index (χ4n) is 2.38. The van der Waals surface area contributed by atoms with E-state index in [1.54, 1.807) is 4.90 Å². The number of esters is 1. The normalized spacial score (nSPS) is 19.3. The van der Waals surface area contributed by atoms with Crippen molar-refractivity contribution in [1.29, 1.82) is 0 Å². The molecule has 1 aliphatic heterocycles. The Balaban J connectivity index is 2.22. The zero-order valence-corrected chi connectivity index (χ0v) is 12.4. The van der Waals surface area contributed by atoms with E-state index in [1.807, 2.05) is 19.9 Å². The second-order valence-corrected chi connectivity index (χ2v) is 6.14. The maximum absolute atomic E-state index is 12.5. The van der Waals surface area contributed by atoms with Gasteiger partial charge in [0.15, 0.2) is 0 Å². The number of rotatable bonds is 2. The van der Waals surface area contributed by atoms with E-state index in [1.165, 1.54) is 18.4 Å². The number of carbonyl (C=O) groups excluding carboxylic acids is 2. The van der Waals surface area contributed by atoms with Gasteiger partial charge in [-0.25, -0.2) is 4.79 Å². The SMILES string of the molecule is COC(=O)C1CCCCN1C(=O)c1cc(C)c(C)s1. The van der Waals surface area contributed by atoms with Crippen LogP contribution >= 0.6 is 11.3 Å². The first-order valence-corrected chi connectivity index (χ1v) is 7.32. The number of nitrogens with zero attached hydrogens (tertiary/aromatic N) is 1. The molecule has 1 aromatic heterocycles. The Morgan fingerprint density at radius 3 is 2.68 bits per heavy atom. The summed E-state index contributed by atoms with van der Waals surface area (Å²) in [7, 11) is 1.37. The molecule has 1 aliphatic rings. The summed E-state index contributed by atoms with van der Waals surface area (Å²) in [6, 6.07) is 1.49. The van der Waals surface area contributed by atoms with Crippen molar-refractivity contribution >= 4 is 23.2 Å². The fraction of sp³-hybridized carbons (Fsp3) is 0.571. The van der Waals surface area contributed by atoms with Crippen LogP contribution in [0.3, 0.4) is 0 Å². The van der Waals surface area contributed by atoms with Crippen LogP contribution in [0.5, 0.6) is 0 Å². The summed E-state index contributed by atoms with van der Waals surface area (Å²) in [5, 5.41) is 0. The Hall–Kier alpha value is -1.36. The molecule has 1 amide bonds. The molecule has 1 aromatic rings. The Morgan fingerprint density at radius 2 is 2.11 bits per heavy atom. The van der Waals surface area contributed by atoms with E-state index in [2.05, 4.69) is 0 Å². The molecule has 1 fully saturated rings. The van der Waals surface area contributed by atoms with Gasteiger partial charge in [0, 0.05) is 11.4 Å². The minimum atomic E-state index is -0.422. The van der Waals surface area contributed by atoms with Crippen molar-refractivity contribution in [2.45, 2.75) is 39.2 Å². The molecule has 0 aliphatic carbocycles. The molecule has 1 saturated heterocycles. The van der Waals surface area contributed by atoms with Crippen LogP contribution in [-0.2, 0) is 9.53 Å². The first-order chi connectivity index (χ1) is 9.04. The average Bonchev–Trinajstić information content (AvgIpc) is 2.77. The van der Waals surface area contributed by atoms with E-state index in [0.717, 1.165) is 23.3 Å². The molecule has 19 heavy (non-hydrogen) atoms. The highest BCUT2D eigenvalue weighted by molar-refractivity contribution is 7.14. The first-order valence-electron chi connectivity index (χ1n) is 6.50. The number of amides is 1. The second kappa shape index (κ2) is 5.74. The van der Waals surface area contributed by atoms with Crippen molar-refractivity contribution in [3.63, 3.8) is 0 Å². The van der Waals surface area contributed by atoms with E-state index < -0.39 is 6.04 Å². The van der Waals surface area contributed by atoms with Gasteiger partial charge in [0.05, 0.1) is 12.0 Å². The van der Waals surface area contributed by atoms with Gasteiger partial charge in [0.2, 0.25) is 0 Å². The zero-order chi connectivity index (χ0) is 14.0. The van der Waals surface area contributed by atoms with E-state index in [4.69, 9.17) is 4.74 Å². The van der Waals surface area contributed by atoms with E-state index >= 15 is 0 Å². The molecule has 4 nitrogen and oxygen atoms in total. The van der Waals surface area contributed by atoms with Crippen LogP contribution in [0.1, 0.15) is 39.4 Å². The third-order valence-electron chi connectivity index (χ3n) is 3.61. The van der Waals surface area contributed by atoms with Crippen molar-refractivity contribution in [3.8, 4) is 0 Å². The first kappa shape index (κ1) is 14.1. The fourth-order valence-corrected chi connectivity index (χ4v) is 3.37. The highest BCUT2D eigenvalue weighted by atomic mass is 32.1. The van der Waals surface area contributed by atoms with Crippen LogP contribution in [0.2, 0.25) is 0 Å². The zero-order valence-electron chi connectivity index (χ0n) is 11.6. The standard InChI is InChI=1S/C14H19NO3S/c1-9-8-12(19-10(9)2)13(16)15-7-5-4-6-11(15)14(17)18-3/h8,11H,4-7H2,1-3H3. The molecule has 5 heteroatoms. The summed E-state index contributed by atoms with van der Waals surface area (Å²) in [6.07, 6.45) is 2.61. The van der Waals surface area contributed by atoms with Gasteiger partial charge < -0.3 is 9.64 Å². The Morgan fingerprint density at radius 1 is 1.37 bits per heavy atom. The molecule has 1 atom stereocenters. The van der Waals surface area contributed by atoms with Gasteiger partial charge in [-0.2, -0.15) is 0 Å². The molecule has 0 aromatic carbocycles. The molecule has 104 valence electrons. The second-order valence-electron chi connectivity index (χ2n) is 4.88. The van der Waals surface area contributed by atoms with Crippen molar-refractivity contribution in [2.24, 2.45) is 0 Å². The Kier molecular flexibility index (Phi) is 4.24. The minimum Gasteiger partial charge on any atom is -0.467 e. The number of aryl methyl sites for hydroxylation is 2. The molecule has 0 bridgehead atoms. The van der Waals surface area contributed by atoms with Crippen LogP contribution in [0, 0.1) is 13.8 Å². The van der Waals surface area contributed by atoms with E-state index in [-0.39, 0.29) is 11.9 Å².